The summed E-state index contributed by atoms with van der Waals surface area (Å²) < 4.78 is 0. The number of likely N-dealkylation sites (tertiary alicyclic amines) is 1. The van der Waals surface area contributed by atoms with E-state index in [1.807, 2.05) is 0 Å². The molecule has 102 valence electrons. The number of rotatable bonds is 3. The fourth-order valence-electron chi connectivity index (χ4n) is 2.94. The first-order valence-electron chi connectivity index (χ1n) is 7.00. The summed E-state index contributed by atoms with van der Waals surface area (Å²) in [5, 5.41) is 9.17. The van der Waals surface area contributed by atoms with Gasteiger partial charge in [-0.2, -0.15) is 0 Å². The molecule has 4 nitrogen and oxygen atoms in total. The number of nitrogens with zero attached hydrogens (tertiary/aromatic N) is 1. The Morgan fingerprint density at radius 1 is 1.22 bits per heavy atom. The summed E-state index contributed by atoms with van der Waals surface area (Å²) >= 11 is 0. The van der Waals surface area contributed by atoms with Crippen LogP contribution in [0.1, 0.15) is 46.0 Å². The lowest BCUT2D eigenvalue weighted by Gasteiger charge is -2.24. The highest BCUT2D eigenvalue weighted by Gasteiger charge is 2.58. The zero-order valence-corrected chi connectivity index (χ0v) is 11.3. The van der Waals surface area contributed by atoms with E-state index < -0.39 is 11.4 Å². The average Bonchev–Trinajstić information content (AvgIpc) is 3.12. The third kappa shape index (κ3) is 2.38. The molecule has 1 saturated carbocycles. The number of hydrogen-bond donors (Lipinski definition) is 1. The molecule has 1 atom stereocenters. The number of carboxylic acid groups (broad SMARTS) is 1. The molecule has 1 saturated heterocycles. The molecular formula is C14H23NO3. The van der Waals surface area contributed by atoms with Crippen molar-refractivity contribution in [2.45, 2.75) is 46.0 Å². The van der Waals surface area contributed by atoms with E-state index in [-0.39, 0.29) is 5.91 Å². The van der Waals surface area contributed by atoms with Gasteiger partial charge in [-0.3, -0.25) is 9.59 Å². The normalized spacial score (nSPS) is 26.8. The smallest absolute Gasteiger partial charge is 0.319 e. The molecule has 18 heavy (non-hydrogen) atoms. The average molecular weight is 253 g/mol. The van der Waals surface area contributed by atoms with Crippen molar-refractivity contribution in [1.29, 1.82) is 0 Å². The van der Waals surface area contributed by atoms with Crippen molar-refractivity contribution in [2.24, 2.45) is 17.3 Å². The maximum Gasteiger partial charge on any atom is 0.319 e. The Bertz CT molecular complexity index is 347. The van der Waals surface area contributed by atoms with Gasteiger partial charge in [0.2, 0.25) is 5.91 Å². The molecule has 2 rings (SSSR count). The van der Waals surface area contributed by atoms with Gasteiger partial charge in [-0.25, -0.2) is 0 Å². The quantitative estimate of drug-likeness (QED) is 0.784. The zero-order valence-electron chi connectivity index (χ0n) is 11.3. The number of carboxylic acids is 1. The number of hydrogen-bond acceptors (Lipinski definition) is 2. The highest BCUT2D eigenvalue weighted by atomic mass is 16.4. The van der Waals surface area contributed by atoms with Crippen molar-refractivity contribution < 1.29 is 14.7 Å². The van der Waals surface area contributed by atoms with Crippen molar-refractivity contribution in [3.63, 3.8) is 0 Å². The van der Waals surface area contributed by atoms with Crippen LogP contribution in [0.15, 0.2) is 0 Å². The summed E-state index contributed by atoms with van der Waals surface area (Å²) in [5.74, 6) is 0.244. The van der Waals surface area contributed by atoms with Crippen LogP contribution in [-0.2, 0) is 9.59 Å². The van der Waals surface area contributed by atoms with E-state index in [1.165, 1.54) is 0 Å². The second kappa shape index (κ2) is 4.90. The lowest BCUT2D eigenvalue weighted by atomic mass is 9.89. The number of carbonyl (C=O) groups excluding carboxylic acids is 1. The van der Waals surface area contributed by atoms with Gasteiger partial charge in [0.15, 0.2) is 0 Å². The highest BCUT2D eigenvalue weighted by Crippen LogP contribution is 2.47. The minimum Gasteiger partial charge on any atom is -0.480 e. The van der Waals surface area contributed by atoms with Crippen LogP contribution in [0.3, 0.4) is 0 Å². The Hall–Kier alpha value is -1.06. The zero-order chi connectivity index (χ0) is 13.3. The third-order valence-electron chi connectivity index (χ3n) is 4.57. The second-order valence-electron chi connectivity index (χ2n) is 6.11. The van der Waals surface area contributed by atoms with Gasteiger partial charge in [0, 0.05) is 13.1 Å². The molecule has 0 radical (unpaired) electrons. The van der Waals surface area contributed by atoms with Crippen molar-refractivity contribution in [2.75, 3.05) is 13.1 Å². The van der Waals surface area contributed by atoms with Gasteiger partial charge >= 0.3 is 5.97 Å². The highest BCUT2D eigenvalue weighted by molar-refractivity contribution is 6.04. The Balaban J connectivity index is 1.98. The van der Waals surface area contributed by atoms with Gasteiger partial charge in [-0.1, -0.05) is 13.8 Å². The summed E-state index contributed by atoms with van der Waals surface area (Å²) in [6, 6.07) is 0. The van der Waals surface area contributed by atoms with Crippen LogP contribution in [0, 0.1) is 17.3 Å². The molecule has 4 heteroatoms. The van der Waals surface area contributed by atoms with E-state index in [9.17, 15) is 9.59 Å². The second-order valence-corrected chi connectivity index (χ2v) is 6.11. The molecule has 0 spiro atoms. The molecule has 2 fully saturated rings. The predicted octanol–water partition coefficient (Wildman–Crippen LogP) is 2.14. The molecule has 1 amide bonds. The molecule has 1 aliphatic heterocycles. The van der Waals surface area contributed by atoms with E-state index in [2.05, 4.69) is 13.8 Å². The molecule has 0 aromatic rings. The lowest BCUT2D eigenvalue weighted by Crippen LogP contribution is -2.41. The number of aliphatic carboxylic acids is 1. The van der Waals surface area contributed by atoms with E-state index in [0.717, 1.165) is 32.4 Å². The van der Waals surface area contributed by atoms with Gasteiger partial charge in [-0.15, -0.1) is 0 Å². The van der Waals surface area contributed by atoms with Crippen LogP contribution in [0.2, 0.25) is 0 Å². The molecule has 0 aromatic heterocycles. The predicted molar refractivity (Wildman–Crippen MR) is 68.1 cm³/mol. The van der Waals surface area contributed by atoms with Crippen molar-refractivity contribution >= 4 is 11.9 Å². The molecule has 1 unspecified atom stereocenters. The fraction of sp³-hybridized carbons (Fsp3) is 0.857. The minimum absolute atomic E-state index is 0.139. The van der Waals surface area contributed by atoms with Crippen LogP contribution in [0.4, 0.5) is 0 Å². The van der Waals surface area contributed by atoms with Crippen molar-refractivity contribution in [3.05, 3.63) is 0 Å². The topological polar surface area (TPSA) is 57.6 Å². The number of carbonyl (C=O) groups is 2. The van der Waals surface area contributed by atoms with E-state index in [4.69, 9.17) is 5.11 Å². The lowest BCUT2D eigenvalue weighted by molar-refractivity contribution is -0.153. The molecule has 1 N–H and O–H groups in total. The molecule has 2 aliphatic rings. The third-order valence-corrected chi connectivity index (χ3v) is 4.57. The molecule has 1 heterocycles. The summed E-state index contributed by atoms with van der Waals surface area (Å²) in [6.45, 7) is 5.91. The molecular weight excluding hydrogens is 230 g/mol. The first-order chi connectivity index (χ1) is 8.47. The standard InChI is InChI=1S/C14H23NO3/c1-10(2)11-4-3-8-15(9-5-11)12(16)14(6-7-14)13(17)18/h10-11H,3-9H2,1-2H3,(H,17,18). The minimum atomic E-state index is -1.06. The van der Waals surface area contributed by atoms with Gasteiger partial charge in [-0.05, 0) is 43.9 Å². The number of amides is 1. The van der Waals surface area contributed by atoms with Crippen LogP contribution in [0.25, 0.3) is 0 Å². The molecule has 0 aromatic carbocycles. The van der Waals surface area contributed by atoms with E-state index >= 15 is 0 Å². The van der Waals surface area contributed by atoms with Crippen LogP contribution in [-0.4, -0.2) is 35.0 Å². The summed E-state index contributed by atoms with van der Waals surface area (Å²) in [5.41, 5.74) is -1.06. The monoisotopic (exact) mass is 253 g/mol. The van der Waals surface area contributed by atoms with Gasteiger partial charge in [0.05, 0.1) is 0 Å². The summed E-state index contributed by atoms with van der Waals surface area (Å²) in [4.78, 5) is 25.3. The van der Waals surface area contributed by atoms with Gasteiger partial charge in [0.25, 0.3) is 0 Å². The Labute approximate surface area is 108 Å². The summed E-state index contributed by atoms with van der Waals surface area (Å²) in [6.07, 6.45) is 4.21. The largest absolute Gasteiger partial charge is 0.480 e. The molecule has 0 bridgehead atoms. The van der Waals surface area contributed by atoms with Gasteiger partial charge in [0.1, 0.15) is 5.41 Å². The van der Waals surface area contributed by atoms with Crippen molar-refractivity contribution in [1.82, 2.24) is 4.90 Å². The van der Waals surface area contributed by atoms with E-state index in [1.54, 1.807) is 4.90 Å². The van der Waals surface area contributed by atoms with E-state index in [0.29, 0.717) is 24.7 Å². The SMILES string of the molecule is CC(C)C1CCCN(C(=O)C2(C(=O)O)CC2)CC1. The van der Waals surface area contributed by atoms with Crippen LogP contribution >= 0.6 is 0 Å². The van der Waals surface area contributed by atoms with Crippen molar-refractivity contribution in [3.8, 4) is 0 Å². The maximum absolute atomic E-state index is 12.3. The summed E-state index contributed by atoms with van der Waals surface area (Å²) in [7, 11) is 0. The first-order valence-corrected chi connectivity index (χ1v) is 7.00. The molecule has 1 aliphatic carbocycles. The van der Waals surface area contributed by atoms with Crippen LogP contribution < -0.4 is 0 Å². The Morgan fingerprint density at radius 3 is 2.39 bits per heavy atom. The van der Waals surface area contributed by atoms with Gasteiger partial charge < -0.3 is 10.0 Å². The Kier molecular flexibility index (Phi) is 3.64. The first kappa shape index (κ1) is 13.4. The maximum atomic E-state index is 12.3. The fourth-order valence-corrected chi connectivity index (χ4v) is 2.94. The van der Waals surface area contributed by atoms with Crippen LogP contribution in [0.5, 0.6) is 0 Å². The Morgan fingerprint density at radius 2 is 1.89 bits per heavy atom.